The van der Waals surface area contributed by atoms with Gasteiger partial charge in [-0.2, -0.15) is 0 Å². The average Bonchev–Trinajstić information content (AvgIpc) is 3.66. The minimum atomic E-state index is -0.847. The third kappa shape index (κ3) is 7.46. The number of pyridine rings is 1. The van der Waals surface area contributed by atoms with Gasteiger partial charge in [-0.05, 0) is 62.3 Å². The first-order valence-corrected chi connectivity index (χ1v) is 21.5. The Balaban J connectivity index is 1.20. The van der Waals surface area contributed by atoms with Crippen LogP contribution in [0, 0.1) is 17.3 Å². The number of nitrogens with zero attached hydrogens (tertiary/aromatic N) is 5. The summed E-state index contributed by atoms with van der Waals surface area (Å²) < 4.78 is 26.6. The van der Waals surface area contributed by atoms with Crippen LogP contribution in [0.4, 0.5) is 5.69 Å². The molecule has 2 saturated heterocycles. The molecule has 5 atom stereocenters. The lowest BCUT2D eigenvalue weighted by Gasteiger charge is -2.35. The van der Waals surface area contributed by atoms with E-state index in [1.807, 2.05) is 25.4 Å². The number of rotatable bonds is 6. The van der Waals surface area contributed by atoms with Crippen molar-refractivity contribution < 1.29 is 33.3 Å². The fraction of sp³-hybridized carbons (Fsp3) is 0.558. The zero-order valence-electron chi connectivity index (χ0n) is 34.0. The van der Waals surface area contributed by atoms with Crippen molar-refractivity contribution >= 4 is 45.7 Å². The second-order valence-electron chi connectivity index (χ2n) is 17.3. The number of amides is 2. The summed E-state index contributed by atoms with van der Waals surface area (Å²) in [5, 5.41) is 8.32. The van der Waals surface area contributed by atoms with Crippen LogP contribution in [0.25, 0.3) is 33.4 Å². The van der Waals surface area contributed by atoms with Crippen LogP contribution in [-0.2, 0) is 48.0 Å². The molecule has 3 aromatic heterocycles. The predicted octanol–water partition coefficient (Wildman–Crippen LogP) is 5.07. The van der Waals surface area contributed by atoms with Crippen molar-refractivity contribution in [2.24, 2.45) is 17.3 Å². The number of ether oxygens (including phenoxy) is 4. The van der Waals surface area contributed by atoms with Gasteiger partial charge in [-0.3, -0.25) is 24.4 Å². The number of nitrogens with one attached hydrogen (secondary N) is 2. The van der Waals surface area contributed by atoms with E-state index in [0.29, 0.717) is 52.2 Å². The number of fused-ring (bicyclic) bond motifs is 6. The molecular formula is C43H53N7O7S. The van der Waals surface area contributed by atoms with Gasteiger partial charge in [0.05, 0.1) is 72.0 Å². The summed E-state index contributed by atoms with van der Waals surface area (Å²) in [5.74, 6) is 0.141. The van der Waals surface area contributed by atoms with Gasteiger partial charge in [-0.15, -0.1) is 11.3 Å². The smallest absolute Gasteiger partial charge is 0.324 e. The maximum Gasteiger partial charge on any atom is 0.324 e. The van der Waals surface area contributed by atoms with Gasteiger partial charge in [0, 0.05) is 66.4 Å². The second-order valence-corrected chi connectivity index (χ2v) is 18.2. The molecule has 0 unspecified atom stereocenters. The molecule has 1 aromatic carbocycles. The van der Waals surface area contributed by atoms with Gasteiger partial charge in [0.25, 0.3) is 5.91 Å². The van der Waals surface area contributed by atoms with E-state index in [4.69, 9.17) is 28.9 Å². The Morgan fingerprint density at radius 3 is 2.69 bits per heavy atom. The van der Waals surface area contributed by atoms with E-state index in [-0.39, 0.29) is 42.8 Å². The highest BCUT2D eigenvalue weighted by Crippen LogP contribution is 2.47. The second kappa shape index (κ2) is 15.6. The lowest BCUT2D eigenvalue weighted by Crippen LogP contribution is -2.60. The van der Waals surface area contributed by atoms with E-state index in [9.17, 15) is 14.4 Å². The summed E-state index contributed by atoms with van der Waals surface area (Å²) in [6.45, 7) is 12.9. The Morgan fingerprint density at radius 2 is 1.91 bits per heavy atom. The third-order valence-corrected chi connectivity index (χ3v) is 13.2. The van der Waals surface area contributed by atoms with Crippen LogP contribution in [0.3, 0.4) is 0 Å². The van der Waals surface area contributed by atoms with Gasteiger partial charge in [0.2, 0.25) is 5.91 Å². The first-order valence-electron chi connectivity index (χ1n) is 20.6. The molecule has 0 radical (unpaired) electrons. The van der Waals surface area contributed by atoms with E-state index in [2.05, 4.69) is 52.3 Å². The molecule has 5 aliphatic rings. The number of aromatic nitrogens is 3. The molecule has 0 spiro atoms. The van der Waals surface area contributed by atoms with Crippen LogP contribution < -0.4 is 20.4 Å². The molecule has 9 rings (SSSR count). The fourth-order valence-electron chi connectivity index (χ4n) is 8.90. The summed E-state index contributed by atoms with van der Waals surface area (Å²) in [6, 6.07) is 4.97. The Labute approximate surface area is 342 Å². The molecule has 7 heterocycles. The number of anilines is 1. The van der Waals surface area contributed by atoms with Gasteiger partial charge in [0.1, 0.15) is 24.4 Å². The van der Waals surface area contributed by atoms with Gasteiger partial charge < -0.3 is 33.7 Å². The first-order chi connectivity index (χ1) is 28.0. The number of carbonyl (C=O) groups is 3. The minimum absolute atomic E-state index is 0.102. The van der Waals surface area contributed by atoms with Crippen LogP contribution >= 0.6 is 11.3 Å². The van der Waals surface area contributed by atoms with Gasteiger partial charge in [-0.25, -0.2) is 10.4 Å². The molecular weight excluding hydrogens is 759 g/mol. The first kappa shape index (κ1) is 38.9. The summed E-state index contributed by atoms with van der Waals surface area (Å²) in [4.78, 5) is 53.7. The van der Waals surface area contributed by atoms with Crippen LogP contribution in [0.1, 0.15) is 69.3 Å². The Morgan fingerprint density at radius 1 is 1.10 bits per heavy atom. The van der Waals surface area contributed by atoms with E-state index in [0.717, 1.165) is 80.6 Å². The number of esters is 1. The van der Waals surface area contributed by atoms with Gasteiger partial charge >= 0.3 is 5.97 Å². The number of hydrogen-bond donors (Lipinski definition) is 2. The summed E-state index contributed by atoms with van der Waals surface area (Å²) in [5.41, 5.74) is 10.4. The van der Waals surface area contributed by atoms with Crippen molar-refractivity contribution in [1.82, 2.24) is 30.3 Å². The van der Waals surface area contributed by atoms with Gasteiger partial charge in [0.15, 0.2) is 0 Å². The van der Waals surface area contributed by atoms with E-state index in [1.54, 1.807) is 7.11 Å². The number of morpholine rings is 1. The number of benzene rings is 1. The SMILES string of the molecule is CO[C@@H](C)c1ncc(N2CCOCC2)cc1-c1c2c3cc(cc4c3n1CCO4)-c1csc(n1)C[C@H](NC(=O)[C@H]1C[C@@H]1C)C(=O)N1CCC[C@H](N1)C(=O)OCC(C)(C)C2. The normalized spacial score (nSPS) is 25.1. The van der Waals surface area contributed by atoms with Crippen molar-refractivity contribution in [3.63, 3.8) is 0 Å². The monoisotopic (exact) mass is 811 g/mol. The summed E-state index contributed by atoms with van der Waals surface area (Å²) in [7, 11) is 1.71. The highest BCUT2D eigenvalue weighted by molar-refractivity contribution is 7.10. The topological polar surface area (TPSA) is 149 Å². The van der Waals surface area contributed by atoms with Crippen molar-refractivity contribution in [2.45, 2.75) is 84.5 Å². The molecule has 4 aliphatic heterocycles. The van der Waals surface area contributed by atoms with Crippen LogP contribution in [-0.4, -0.2) is 103 Å². The average molecular weight is 812 g/mol. The molecule has 4 aromatic rings. The number of hydrazine groups is 1. The van der Waals surface area contributed by atoms with Crippen LogP contribution in [0.2, 0.25) is 0 Å². The predicted molar refractivity (Wildman–Crippen MR) is 219 cm³/mol. The maximum atomic E-state index is 14.2. The Bertz CT molecular complexity index is 2250. The van der Waals surface area contributed by atoms with Crippen molar-refractivity contribution in [2.75, 3.05) is 58.1 Å². The molecule has 2 amide bonds. The molecule has 15 heteroatoms. The minimum Gasteiger partial charge on any atom is -0.489 e. The van der Waals surface area contributed by atoms with Gasteiger partial charge in [-0.1, -0.05) is 20.8 Å². The van der Waals surface area contributed by atoms with Crippen molar-refractivity contribution in [3.05, 3.63) is 46.0 Å². The molecule has 3 fully saturated rings. The number of hydrogen-bond acceptors (Lipinski definition) is 12. The fourth-order valence-corrected chi connectivity index (χ4v) is 9.75. The van der Waals surface area contributed by atoms with E-state index in [1.165, 1.54) is 16.3 Å². The zero-order valence-corrected chi connectivity index (χ0v) is 34.8. The molecule has 1 aliphatic carbocycles. The van der Waals surface area contributed by atoms with Crippen LogP contribution in [0.5, 0.6) is 5.75 Å². The molecule has 1 saturated carbocycles. The van der Waals surface area contributed by atoms with Crippen molar-refractivity contribution in [1.29, 1.82) is 0 Å². The highest BCUT2D eigenvalue weighted by Gasteiger charge is 2.42. The Hall–Kier alpha value is -4.57. The molecule has 58 heavy (non-hydrogen) atoms. The summed E-state index contributed by atoms with van der Waals surface area (Å²) >= 11 is 1.47. The van der Waals surface area contributed by atoms with Crippen LogP contribution in [0.15, 0.2) is 29.8 Å². The van der Waals surface area contributed by atoms with E-state index < -0.39 is 23.5 Å². The number of cyclic esters (lactones) is 1. The largest absolute Gasteiger partial charge is 0.489 e. The zero-order chi connectivity index (χ0) is 40.3. The quantitative estimate of drug-likeness (QED) is 0.252. The van der Waals surface area contributed by atoms with Crippen molar-refractivity contribution in [3.8, 4) is 28.3 Å². The third-order valence-electron chi connectivity index (χ3n) is 12.4. The molecule has 2 N–H and O–H groups in total. The standard InChI is InChI=1S/C43H53N7O7S/c1-24-15-28(24)40(51)46-33-19-36-45-34(22-58-36)26-16-29-31(20-43(3,4)23-57-42(53)32-7-6-8-50(47-32)41(33)52)38(49-11-14-56-35(17-26)39(29)49)30-18-27(48-9-12-55-13-10-48)21-44-37(30)25(2)54-5/h16-18,21-22,24-25,28,32-33,47H,6-15,19-20,23H2,1-5H3,(H,46,51)/t24-,25-,28-,32-,33-/m0/s1. The number of carbonyl (C=O) groups excluding carboxylic acids is 3. The molecule has 6 bridgehead atoms. The maximum absolute atomic E-state index is 14.2. The highest BCUT2D eigenvalue weighted by atomic mass is 32.1. The number of thiazole rings is 1. The molecule has 14 nitrogen and oxygen atoms in total. The lowest BCUT2D eigenvalue weighted by molar-refractivity contribution is -0.155. The molecule has 308 valence electrons. The van der Waals surface area contributed by atoms with E-state index >= 15 is 0 Å². The Kier molecular flexibility index (Phi) is 10.4. The number of methoxy groups -OCH3 is 1. The summed E-state index contributed by atoms with van der Waals surface area (Å²) in [6.07, 6.45) is 4.43. The lowest BCUT2D eigenvalue weighted by atomic mass is 9.84.